The number of carbonyl (C=O) groups is 1. The summed E-state index contributed by atoms with van der Waals surface area (Å²) in [6.45, 7) is 4.05. The van der Waals surface area contributed by atoms with E-state index in [-0.39, 0.29) is 16.6 Å². The molecule has 2 N–H and O–H groups in total. The first-order valence-corrected chi connectivity index (χ1v) is 13.7. The molecular weight excluding hydrogens is 493 g/mol. The Labute approximate surface area is 216 Å². The molecule has 2 heterocycles. The number of hydrogen-bond acceptors (Lipinski definition) is 5. The highest BCUT2D eigenvalue weighted by Crippen LogP contribution is 2.31. The van der Waals surface area contributed by atoms with Crippen LogP contribution >= 0.6 is 0 Å². The van der Waals surface area contributed by atoms with Gasteiger partial charge in [-0.05, 0) is 68.3 Å². The van der Waals surface area contributed by atoms with Gasteiger partial charge >= 0.3 is 0 Å². The van der Waals surface area contributed by atoms with Gasteiger partial charge in [-0.15, -0.1) is 0 Å². The predicted octanol–water partition coefficient (Wildman–Crippen LogP) is 4.55. The van der Waals surface area contributed by atoms with E-state index in [1.54, 1.807) is 29.2 Å². The number of rotatable bonds is 9. The summed E-state index contributed by atoms with van der Waals surface area (Å²) >= 11 is 0. The molecule has 37 heavy (non-hydrogen) atoms. The second-order valence-corrected chi connectivity index (χ2v) is 10.7. The van der Waals surface area contributed by atoms with Gasteiger partial charge in [0, 0.05) is 23.5 Å². The topological polar surface area (TPSA) is 106 Å². The van der Waals surface area contributed by atoms with Crippen LogP contribution in [0.15, 0.2) is 65.5 Å². The van der Waals surface area contributed by atoms with Crippen LogP contribution in [0.3, 0.4) is 0 Å². The molecule has 1 aromatic carbocycles. The van der Waals surface area contributed by atoms with Crippen LogP contribution in [0.1, 0.15) is 62.4 Å². The molecule has 1 atom stereocenters. The monoisotopic (exact) mass is 523 g/mol. The maximum atomic E-state index is 13.7. The van der Waals surface area contributed by atoms with Gasteiger partial charge in [-0.1, -0.05) is 31.9 Å². The summed E-state index contributed by atoms with van der Waals surface area (Å²) in [6, 6.07) is 7.14. The zero-order valence-corrected chi connectivity index (χ0v) is 21.8. The van der Waals surface area contributed by atoms with Crippen molar-refractivity contribution in [2.75, 3.05) is 7.05 Å². The number of nitrogens with one attached hydrogen (secondary N) is 2. The lowest BCUT2D eigenvalue weighted by Gasteiger charge is -2.20. The van der Waals surface area contributed by atoms with Crippen molar-refractivity contribution in [1.82, 2.24) is 24.8 Å². The molecule has 194 valence electrons. The quantitative estimate of drug-likeness (QED) is 0.428. The molecule has 0 radical (unpaired) electrons. The number of benzene rings is 1. The van der Waals surface area contributed by atoms with Crippen molar-refractivity contribution in [2.24, 2.45) is 0 Å². The maximum Gasteiger partial charge on any atom is 0.252 e. The Bertz CT molecular complexity index is 1460. The van der Waals surface area contributed by atoms with E-state index in [2.05, 4.69) is 27.0 Å². The highest BCUT2D eigenvalue weighted by atomic mass is 32.2. The number of allylic oxidation sites excluding steroid dienone is 2. The Balaban J connectivity index is 1.69. The van der Waals surface area contributed by atoms with E-state index in [9.17, 15) is 17.6 Å². The molecule has 0 saturated carbocycles. The number of aromatic nitrogens is 3. The van der Waals surface area contributed by atoms with Gasteiger partial charge < -0.3 is 5.32 Å². The number of hydrogen-bond donors (Lipinski definition) is 2. The summed E-state index contributed by atoms with van der Waals surface area (Å²) < 4.78 is 42.1. The number of halogens is 1. The molecule has 1 aliphatic rings. The summed E-state index contributed by atoms with van der Waals surface area (Å²) in [5.74, 6) is -0.624. The maximum absolute atomic E-state index is 13.7. The van der Waals surface area contributed by atoms with Crippen LogP contribution in [0.4, 0.5) is 4.39 Å². The lowest BCUT2D eigenvalue weighted by Crippen LogP contribution is -2.30. The van der Waals surface area contributed by atoms with Gasteiger partial charge in [-0.2, -0.15) is 5.10 Å². The van der Waals surface area contributed by atoms with Crippen molar-refractivity contribution in [3.8, 4) is 5.69 Å². The molecule has 2 aromatic heterocycles. The summed E-state index contributed by atoms with van der Waals surface area (Å²) in [7, 11) is -2.33. The van der Waals surface area contributed by atoms with Crippen LogP contribution in [0.5, 0.6) is 0 Å². The van der Waals surface area contributed by atoms with E-state index in [1.165, 1.54) is 31.4 Å². The molecule has 0 fully saturated rings. The van der Waals surface area contributed by atoms with Crippen molar-refractivity contribution in [2.45, 2.75) is 50.5 Å². The van der Waals surface area contributed by atoms with Crippen LogP contribution in [-0.2, 0) is 14.8 Å². The normalized spacial score (nSPS) is 14.3. The summed E-state index contributed by atoms with van der Waals surface area (Å²) in [5, 5.41) is 7.59. The first-order valence-electron chi connectivity index (χ1n) is 12.2. The van der Waals surface area contributed by atoms with E-state index >= 15 is 0 Å². The molecule has 10 heteroatoms. The molecule has 8 nitrogen and oxygen atoms in total. The summed E-state index contributed by atoms with van der Waals surface area (Å²) in [6.07, 6.45) is 11.2. The van der Waals surface area contributed by atoms with E-state index in [0.29, 0.717) is 35.2 Å². The van der Waals surface area contributed by atoms with Gasteiger partial charge in [0.15, 0.2) is 0 Å². The molecule has 1 aliphatic carbocycles. The average Bonchev–Trinajstić information content (AvgIpc) is 3.21. The Hall–Kier alpha value is -3.63. The first kappa shape index (κ1) is 26.4. The van der Waals surface area contributed by atoms with Crippen molar-refractivity contribution >= 4 is 27.6 Å². The zero-order valence-electron chi connectivity index (χ0n) is 21.0. The number of amides is 1. The number of fused-ring (bicyclic) bond motifs is 1. The lowest BCUT2D eigenvalue weighted by atomic mass is 10.0. The fourth-order valence-corrected chi connectivity index (χ4v) is 5.01. The molecule has 1 unspecified atom stereocenters. The number of sulfonamides is 1. The van der Waals surface area contributed by atoms with Crippen LogP contribution < -0.4 is 10.0 Å². The van der Waals surface area contributed by atoms with Crippen molar-refractivity contribution in [3.05, 3.63) is 83.2 Å². The van der Waals surface area contributed by atoms with Gasteiger partial charge in [-0.3, -0.25) is 9.78 Å². The highest BCUT2D eigenvalue weighted by molar-refractivity contribution is 7.89. The third kappa shape index (κ3) is 5.70. The number of pyridine rings is 1. The lowest BCUT2D eigenvalue weighted by molar-refractivity contribution is -0.116. The van der Waals surface area contributed by atoms with E-state index in [4.69, 9.17) is 0 Å². The molecule has 0 spiro atoms. The highest BCUT2D eigenvalue weighted by Gasteiger charge is 2.25. The molecule has 0 saturated heterocycles. The minimum absolute atomic E-state index is 0.0381. The van der Waals surface area contributed by atoms with E-state index in [0.717, 1.165) is 24.1 Å². The summed E-state index contributed by atoms with van der Waals surface area (Å²) in [4.78, 5) is 17.8. The Morgan fingerprint density at radius 1 is 1.16 bits per heavy atom. The third-order valence-corrected chi connectivity index (χ3v) is 7.76. The van der Waals surface area contributed by atoms with Gasteiger partial charge in [-0.25, -0.2) is 22.2 Å². The standard InChI is InChI=1S/C27H30FN5O3S/c1-4-6-25(19-14-22(16-30-15-19)37(35,36)29-3)32-27(34)23-12-7-18(5-2)13-26-24(23)17-31-33(26)21-10-8-20(28)9-11-21/h8-17,25,29H,4-7H2,1-3H3,(H,32,34). The van der Waals surface area contributed by atoms with Gasteiger partial charge in [0.05, 0.1) is 23.6 Å². The van der Waals surface area contributed by atoms with Gasteiger partial charge in [0.25, 0.3) is 5.91 Å². The molecule has 0 aliphatic heterocycles. The average molecular weight is 524 g/mol. The molecule has 0 bridgehead atoms. The Morgan fingerprint density at radius 3 is 2.59 bits per heavy atom. The SMILES string of the molecule is CCCC(NC(=O)C1=CCC(CC)=Cc2c1cnn2-c1ccc(F)cc1)c1cncc(S(=O)(=O)NC)c1. The van der Waals surface area contributed by atoms with Gasteiger partial charge in [0.1, 0.15) is 10.7 Å². The van der Waals surface area contributed by atoms with Crippen LogP contribution in [0.2, 0.25) is 0 Å². The van der Waals surface area contributed by atoms with Crippen molar-refractivity contribution in [1.29, 1.82) is 0 Å². The number of carbonyl (C=O) groups excluding carboxylic acids is 1. The van der Waals surface area contributed by atoms with E-state index < -0.39 is 16.1 Å². The molecular formula is C27H30FN5O3S. The van der Waals surface area contributed by atoms with Gasteiger partial charge in [0.2, 0.25) is 10.0 Å². The Morgan fingerprint density at radius 2 is 1.92 bits per heavy atom. The zero-order chi connectivity index (χ0) is 26.6. The molecule has 1 amide bonds. The van der Waals surface area contributed by atoms with Crippen molar-refractivity contribution < 1.29 is 17.6 Å². The van der Waals surface area contributed by atoms with Crippen LogP contribution in [0.25, 0.3) is 17.3 Å². The Kier molecular flexibility index (Phi) is 7.99. The number of nitrogens with zero attached hydrogens (tertiary/aromatic N) is 3. The minimum Gasteiger partial charge on any atom is -0.345 e. The molecule has 4 rings (SSSR count). The molecule has 3 aromatic rings. The van der Waals surface area contributed by atoms with Crippen molar-refractivity contribution in [3.63, 3.8) is 0 Å². The largest absolute Gasteiger partial charge is 0.345 e. The smallest absolute Gasteiger partial charge is 0.252 e. The van der Waals surface area contributed by atoms with E-state index in [1.807, 2.05) is 19.1 Å². The second kappa shape index (κ2) is 11.2. The van der Waals surface area contributed by atoms with Crippen LogP contribution in [0, 0.1) is 5.82 Å². The van der Waals surface area contributed by atoms with Crippen LogP contribution in [-0.4, -0.2) is 36.1 Å². The predicted molar refractivity (Wildman–Crippen MR) is 141 cm³/mol. The third-order valence-electron chi connectivity index (χ3n) is 6.37. The second-order valence-electron chi connectivity index (χ2n) is 8.79. The fourth-order valence-electron chi connectivity index (χ4n) is 4.29. The fraction of sp³-hybridized carbons (Fsp3) is 0.296. The minimum atomic E-state index is -3.68. The first-order chi connectivity index (χ1) is 17.8. The summed E-state index contributed by atoms with van der Waals surface area (Å²) in [5.41, 5.74) is 4.33.